The molecule has 3 atom stereocenters. The first-order chi connectivity index (χ1) is 17.1. The summed E-state index contributed by atoms with van der Waals surface area (Å²) in [6.07, 6.45) is 8.61. The first kappa shape index (κ1) is 26.1. The highest BCUT2D eigenvalue weighted by atomic mass is 35.5. The van der Waals surface area contributed by atoms with Crippen LogP contribution in [0.15, 0.2) is 24.3 Å². The fourth-order valence-corrected chi connectivity index (χ4v) is 7.62. The maximum atomic E-state index is 14.0. The number of amides is 1. The molecule has 1 amide bonds. The molecule has 2 aliphatic heterocycles. The van der Waals surface area contributed by atoms with Crippen LogP contribution in [0.3, 0.4) is 0 Å². The molecule has 7 heteroatoms. The number of halogens is 1. The second-order valence-electron chi connectivity index (χ2n) is 12.6. The number of likely N-dealkylation sites (tertiary alicyclic amines) is 1. The number of benzene rings is 1. The number of hydroxylamine groups is 3. The third kappa shape index (κ3) is 4.87. The van der Waals surface area contributed by atoms with Crippen molar-refractivity contribution in [3.63, 3.8) is 0 Å². The van der Waals surface area contributed by atoms with Crippen molar-refractivity contribution in [3.05, 3.63) is 40.1 Å². The summed E-state index contributed by atoms with van der Waals surface area (Å²) in [6.45, 7) is 6.74. The lowest BCUT2D eigenvalue weighted by Gasteiger charge is -2.56. The monoisotopic (exact) mass is 516 g/mol. The molecule has 36 heavy (non-hydrogen) atoms. The summed E-state index contributed by atoms with van der Waals surface area (Å²) >= 11 is 6.07. The minimum Gasteiger partial charge on any atom is -0.631 e. The Balaban J connectivity index is 1.32. The Morgan fingerprint density at radius 2 is 1.78 bits per heavy atom. The fraction of sp³-hybridized carbons (Fsp3) is 0.724. The number of carbonyl (C=O) groups is 2. The molecule has 4 aliphatic rings. The third-order valence-corrected chi connectivity index (χ3v) is 10.2. The lowest BCUT2D eigenvalue weighted by Crippen LogP contribution is -2.62. The Bertz CT molecular complexity index is 966. The van der Waals surface area contributed by atoms with Crippen molar-refractivity contribution in [1.29, 1.82) is 0 Å². The summed E-state index contributed by atoms with van der Waals surface area (Å²) in [5, 5.41) is 14.7. The minimum absolute atomic E-state index is 0.0506. The molecular weight excluding hydrogens is 476 g/mol. The predicted molar refractivity (Wildman–Crippen MR) is 140 cm³/mol. The topological polar surface area (TPSA) is 69.7 Å². The van der Waals surface area contributed by atoms with Gasteiger partial charge in [0.25, 0.3) is 0 Å². The highest BCUT2D eigenvalue weighted by molar-refractivity contribution is 6.30. The van der Waals surface area contributed by atoms with E-state index in [0.29, 0.717) is 50.0 Å². The number of piperidine rings is 1. The van der Waals surface area contributed by atoms with Gasteiger partial charge >= 0.3 is 0 Å². The van der Waals surface area contributed by atoms with Crippen LogP contribution in [0.1, 0.15) is 83.1 Å². The minimum atomic E-state index is -0.440. The molecule has 0 radical (unpaired) electrons. The van der Waals surface area contributed by atoms with Crippen molar-refractivity contribution in [2.45, 2.75) is 83.1 Å². The van der Waals surface area contributed by atoms with Gasteiger partial charge in [-0.25, -0.2) is 0 Å². The van der Waals surface area contributed by atoms with Crippen molar-refractivity contribution in [3.8, 4) is 0 Å². The van der Waals surface area contributed by atoms with Gasteiger partial charge in [-0.1, -0.05) is 43.0 Å². The number of carbonyl (C=O) groups excluding carboxylic acids is 2. The van der Waals surface area contributed by atoms with Crippen molar-refractivity contribution >= 4 is 23.3 Å². The zero-order valence-corrected chi connectivity index (χ0v) is 22.6. The van der Waals surface area contributed by atoms with E-state index in [2.05, 4.69) is 0 Å². The van der Waals surface area contributed by atoms with Crippen LogP contribution < -0.4 is 0 Å². The highest BCUT2D eigenvalue weighted by Crippen LogP contribution is 2.50. The fourth-order valence-electron chi connectivity index (χ4n) is 7.50. The number of quaternary nitrogens is 1. The Morgan fingerprint density at radius 3 is 2.39 bits per heavy atom. The van der Waals surface area contributed by atoms with E-state index >= 15 is 0 Å². The SMILES string of the molecule is CC1(C)COC[N+]1([O-])CC1(C2CCCCC2)CCN(C(=O)[C@@H]2CC(=O)C[C@H]2c2ccc(Cl)cc2)CC1. The Kier molecular flexibility index (Phi) is 7.27. The Hall–Kier alpha value is -1.47. The summed E-state index contributed by atoms with van der Waals surface area (Å²) in [4.78, 5) is 28.2. The highest BCUT2D eigenvalue weighted by Gasteiger charge is 2.53. The Morgan fingerprint density at radius 1 is 1.11 bits per heavy atom. The zero-order valence-electron chi connectivity index (χ0n) is 21.8. The molecular formula is C29H41ClN2O4. The van der Waals surface area contributed by atoms with Gasteiger partial charge in [0.05, 0.1) is 12.5 Å². The molecule has 0 spiro atoms. The van der Waals surface area contributed by atoms with Gasteiger partial charge in [-0.2, -0.15) is 0 Å². The van der Waals surface area contributed by atoms with E-state index in [0.717, 1.165) is 18.4 Å². The van der Waals surface area contributed by atoms with Crippen molar-refractivity contribution in [2.75, 3.05) is 33.0 Å². The molecule has 2 saturated carbocycles. The number of nitrogens with zero attached hydrogens (tertiary/aromatic N) is 2. The van der Waals surface area contributed by atoms with Crippen LogP contribution in [0.2, 0.25) is 5.02 Å². The molecule has 0 N–H and O–H groups in total. The van der Waals surface area contributed by atoms with E-state index in [-0.39, 0.29) is 40.3 Å². The number of hydrogen-bond acceptors (Lipinski definition) is 4. The molecule has 4 fully saturated rings. The first-order valence-electron chi connectivity index (χ1n) is 13.8. The average Bonchev–Trinajstić information content (AvgIpc) is 3.38. The molecule has 1 unspecified atom stereocenters. The molecule has 0 bridgehead atoms. The summed E-state index contributed by atoms with van der Waals surface area (Å²) in [5.74, 6) is 0.429. The smallest absolute Gasteiger partial charge is 0.226 e. The predicted octanol–water partition coefficient (Wildman–Crippen LogP) is 5.67. The van der Waals surface area contributed by atoms with Crippen LogP contribution in [0.4, 0.5) is 0 Å². The van der Waals surface area contributed by atoms with Crippen LogP contribution in [0.5, 0.6) is 0 Å². The number of ether oxygens (including phenoxy) is 1. The number of hydrogen-bond donors (Lipinski definition) is 0. The number of Topliss-reactive ketones (excluding diaryl/α,β-unsaturated/α-hetero) is 1. The van der Waals surface area contributed by atoms with E-state index in [1.807, 2.05) is 43.0 Å². The Labute approximate surface area is 220 Å². The summed E-state index contributed by atoms with van der Waals surface area (Å²) in [7, 11) is 0. The van der Waals surface area contributed by atoms with Gasteiger partial charge in [-0.3, -0.25) is 9.59 Å². The lowest BCUT2D eigenvalue weighted by molar-refractivity contribution is -0.928. The molecule has 1 aromatic carbocycles. The second-order valence-corrected chi connectivity index (χ2v) is 13.0. The molecule has 5 rings (SSSR count). The molecule has 1 aromatic rings. The normalized spacial score (nSPS) is 32.7. The van der Waals surface area contributed by atoms with E-state index < -0.39 is 5.54 Å². The van der Waals surface area contributed by atoms with Gasteiger partial charge in [0.1, 0.15) is 17.9 Å². The van der Waals surface area contributed by atoms with E-state index in [4.69, 9.17) is 16.3 Å². The largest absolute Gasteiger partial charge is 0.631 e. The average molecular weight is 517 g/mol. The summed E-state index contributed by atoms with van der Waals surface area (Å²) < 4.78 is 5.42. The van der Waals surface area contributed by atoms with Crippen molar-refractivity contribution in [2.24, 2.45) is 17.3 Å². The molecule has 2 aliphatic carbocycles. The summed E-state index contributed by atoms with van der Waals surface area (Å²) in [5.41, 5.74) is 0.529. The molecule has 2 heterocycles. The molecule has 2 saturated heterocycles. The number of rotatable bonds is 5. The van der Waals surface area contributed by atoms with E-state index in [1.165, 1.54) is 32.1 Å². The van der Waals surface area contributed by atoms with Crippen LogP contribution in [0.25, 0.3) is 0 Å². The second kappa shape index (κ2) is 10.0. The first-order valence-corrected chi connectivity index (χ1v) is 14.2. The zero-order chi connectivity index (χ0) is 25.6. The van der Waals surface area contributed by atoms with Gasteiger partial charge in [-0.05, 0) is 63.1 Å². The maximum absolute atomic E-state index is 14.0. The molecule has 6 nitrogen and oxygen atoms in total. The van der Waals surface area contributed by atoms with Crippen LogP contribution in [-0.2, 0) is 14.3 Å². The standard InChI is InChI=1S/C29H41ClN2O4/c1-28(2)19-36-20-32(28,35)18-29(22-6-4-3-5-7-22)12-14-31(15-13-29)27(34)26-17-24(33)16-25(26)21-8-10-23(30)11-9-21/h8-11,22,25-26H,3-7,12-20H2,1-2H3/t25-,26+,32?/m0/s1. The molecule has 0 aromatic heterocycles. The van der Waals surface area contributed by atoms with Crippen molar-refractivity contribution < 1.29 is 19.0 Å². The van der Waals surface area contributed by atoms with E-state index in [1.54, 1.807) is 0 Å². The van der Waals surface area contributed by atoms with Gasteiger partial charge in [0, 0.05) is 42.3 Å². The van der Waals surface area contributed by atoms with Crippen LogP contribution in [-0.4, -0.2) is 59.7 Å². The van der Waals surface area contributed by atoms with Crippen LogP contribution in [0, 0.1) is 22.5 Å². The summed E-state index contributed by atoms with van der Waals surface area (Å²) in [6, 6.07) is 7.58. The van der Waals surface area contributed by atoms with Gasteiger partial charge in [0.2, 0.25) is 5.91 Å². The van der Waals surface area contributed by atoms with Crippen molar-refractivity contribution in [1.82, 2.24) is 4.90 Å². The van der Waals surface area contributed by atoms with Gasteiger partial charge in [-0.15, -0.1) is 0 Å². The lowest BCUT2D eigenvalue weighted by atomic mass is 9.63. The maximum Gasteiger partial charge on any atom is 0.226 e. The van der Waals surface area contributed by atoms with E-state index in [9.17, 15) is 14.8 Å². The third-order valence-electron chi connectivity index (χ3n) is 9.97. The van der Waals surface area contributed by atoms with Gasteiger partial charge in [0.15, 0.2) is 6.73 Å². The van der Waals surface area contributed by atoms with Gasteiger partial charge < -0.3 is 19.5 Å². The number of ketones is 1. The molecule has 198 valence electrons. The van der Waals surface area contributed by atoms with Crippen LogP contribution >= 0.6 is 11.6 Å². The quantitative estimate of drug-likeness (QED) is 0.373.